The van der Waals surface area contributed by atoms with E-state index in [-0.39, 0.29) is 28.8 Å². The van der Waals surface area contributed by atoms with E-state index >= 15 is 0 Å². The van der Waals surface area contributed by atoms with Gasteiger partial charge in [-0.2, -0.15) is 0 Å². The van der Waals surface area contributed by atoms with Crippen LogP contribution in [0.15, 0.2) is 65.7 Å². The Hall–Kier alpha value is -2.64. The molecule has 0 spiro atoms. The molecule has 144 valence electrons. The molecule has 6 nitrogen and oxygen atoms in total. The molecule has 2 N–H and O–H groups in total. The number of rotatable bonds is 4. The van der Waals surface area contributed by atoms with Gasteiger partial charge in [0.15, 0.2) is 0 Å². The van der Waals surface area contributed by atoms with E-state index < -0.39 is 10.0 Å². The van der Waals surface area contributed by atoms with Crippen LogP contribution in [-0.2, 0) is 10.0 Å². The lowest BCUT2D eigenvalue weighted by Crippen LogP contribution is -2.47. The minimum absolute atomic E-state index is 0.0277. The van der Waals surface area contributed by atoms with Gasteiger partial charge in [0.1, 0.15) is 0 Å². The lowest BCUT2D eigenvalue weighted by atomic mass is 10.0. The first-order chi connectivity index (χ1) is 13.5. The van der Waals surface area contributed by atoms with Gasteiger partial charge < -0.3 is 9.88 Å². The summed E-state index contributed by atoms with van der Waals surface area (Å²) in [6, 6.07) is 16.0. The Labute approximate surface area is 163 Å². The quantitative estimate of drug-likeness (QED) is 0.713. The molecular weight excluding hydrogens is 374 g/mol. The van der Waals surface area contributed by atoms with E-state index in [1.807, 2.05) is 35.4 Å². The van der Waals surface area contributed by atoms with Gasteiger partial charge >= 0.3 is 0 Å². The number of sulfonamides is 1. The Kier molecular flexibility index (Phi) is 4.03. The molecule has 3 atom stereocenters. The minimum atomic E-state index is -3.53. The number of hydrogen-bond donors (Lipinski definition) is 2. The summed E-state index contributed by atoms with van der Waals surface area (Å²) < 4.78 is 28.1. The topological polar surface area (TPSA) is 82.3 Å². The predicted octanol–water partition coefficient (Wildman–Crippen LogP) is 2.75. The zero-order valence-electron chi connectivity index (χ0n) is 15.2. The van der Waals surface area contributed by atoms with Crippen molar-refractivity contribution >= 4 is 26.8 Å². The number of amides is 1. The standard InChI is InChI=1S/C21H21N3O3S/c25-21(15-6-7-19-14(10-15)8-9-22-19)24-13-16-11-17(24)12-20(16)23-28(26,27)18-4-2-1-3-5-18/h1-10,16-17,20,22-23H,11-13H2/t16-,17-,20-/m0/s1. The molecule has 0 radical (unpaired) electrons. The number of aromatic amines is 1. The van der Waals surface area contributed by atoms with Crippen LogP contribution < -0.4 is 4.72 Å². The molecule has 0 unspecified atom stereocenters. The van der Waals surface area contributed by atoms with Gasteiger partial charge in [-0.1, -0.05) is 18.2 Å². The van der Waals surface area contributed by atoms with Gasteiger partial charge in [0.2, 0.25) is 10.0 Å². The molecule has 1 aliphatic carbocycles. The maximum absolute atomic E-state index is 13.0. The fraction of sp³-hybridized carbons (Fsp3) is 0.286. The lowest BCUT2D eigenvalue weighted by molar-refractivity contribution is 0.0691. The first-order valence-electron chi connectivity index (χ1n) is 9.47. The molecule has 5 rings (SSSR count). The Morgan fingerprint density at radius 2 is 1.89 bits per heavy atom. The van der Waals surface area contributed by atoms with E-state index in [0.29, 0.717) is 18.5 Å². The van der Waals surface area contributed by atoms with Gasteiger partial charge in [0.05, 0.1) is 4.90 Å². The fourth-order valence-corrected chi connectivity index (χ4v) is 5.90. The highest BCUT2D eigenvalue weighted by molar-refractivity contribution is 7.89. The van der Waals surface area contributed by atoms with E-state index in [1.54, 1.807) is 30.3 Å². The highest BCUT2D eigenvalue weighted by atomic mass is 32.2. The van der Waals surface area contributed by atoms with Gasteiger partial charge in [-0.25, -0.2) is 13.1 Å². The van der Waals surface area contributed by atoms with Crippen molar-refractivity contribution in [1.82, 2.24) is 14.6 Å². The van der Waals surface area contributed by atoms with E-state index in [9.17, 15) is 13.2 Å². The smallest absolute Gasteiger partial charge is 0.254 e. The number of benzene rings is 2. The number of carbonyl (C=O) groups excluding carboxylic acids is 1. The molecule has 2 bridgehead atoms. The van der Waals surface area contributed by atoms with Gasteiger partial charge in [0, 0.05) is 41.3 Å². The zero-order chi connectivity index (χ0) is 19.3. The summed E-state index contributed by atoms with van der Waals surface area (Å²) in [7, 11) is -3.53. The van der Waals surface area contributed by atoms with E-state index in [4.69, 9.17) is 0 Å². The van der Waals surface area contributed by atoms with Crippen molar-refractivity contribution in [3.8, 4) is 0 Å². The molecule has 2 aliphatic rings. The number of aromatic nitrogens is 1. The van der Waals surface area contributed by atoms with Crippen molar-refractivity contribution in [2.45, 2.75) is 29.8 Å². The molecule has 1 amide bonds. The summed E-state index contributed by atoms with van der Waals surface area (Å²) in [5.74, 6) is 0.184. The third-order valence-electron chi connectivity index (χ3n) is 5.96. The van der Waals surface area contributed by atoms with Crippen molar-refractivity contribution in [3.63, 3.8) is 0 Å². The predicted molar refractivity (Wildman–Crippen MR) is 106 cm³/mol. The van der Waals surface area contributed by atoms with Crippen molar-refractivity contribution in [1.29, 1.82) is 0 Å². The second-order valence-electron chi connectivity index (χ2n) is 7.66. The van der Waals surface area contributed by atoms with Crippen LogP contribution in [0.1, 0.15) is 23.2 Å². The minimum Gasteiger partial charge on any atom is -0.361 e. The molecule has 1 saturated carbocycles. The molecule has 2 fully saturated rings. The molecule has 2 aromatic carbocycles. The maximum atomic E-state index is 13.0. The van der Waals surface area contributed by atoms with Crippen LogP contribution in [-0.4, -0.2) is 42.8 Å². The number of nitrogens with zero attached hydrogens (tertiary/aromatic N) is 1. The van der Waals surface area contributed by atoms with E-state index in [1.165, 1.54) is 0 Å². The van der Waals surface area contributed by atoms with Crippen molar-refractivity contribution in [2.75, 3.05) is 6.54 Å². The Morgan fingerprint density at radius 1 is 1.07 bits per heavy atom. The summed E-state index contributed by atoms with van der Waals surface area (Å²) in [6.07, 6.45) is 3.37. The highest BCUT2D eigenvalue weighted by Gasteiger charge is 2.47. The number of piperidine rings is 1. The van der Waals surface area contributed by atoms with Crippen LogP contribution >= 0.6 is 0 Å². The van der Waals surface area contributed by atoms with Gasteiger partial charge in [-0.05, 0) is 55.2 Å². The van der Waals surface area contributed by atoms with Crippen LogP contribution in [0.4, 0.5) is 0 Å². The summed E-state index contributed by atoms with van der Waals surface area (Å²) in [5, 5.41) is 1.02. The number of nitrogens with one attached hydrogen (secondary N) is 2. The Morgan fingerprint density at radius 3 is 2.64 bits per heavy atom. The molecule has 7 heteroatoms. The maximum Gasteiger partial charge on any atom is 0.254 e. The normalized spacial score (nSPS) is 24.1. The van der Waals surface area contributed by atoms with Gasteiger partial charge in [-0.15, -0.1) is 0 Å². The summed E-state index contributed by atoms with van der Waals surface area (Å²) in [6.45, 7) is 0.594. The Bertz CT molecular complexity index is 1140. The third-order valence-corrected chi connectivity index (χ3v) is 7.47. The number of hydrogen-bond acceptors (Lipinski definition) is 3. The van der Waals surface area contributed by atoms with E-state index in [2.05, 4.69) is 9.71 Å². The molecule has 1 aromatic heterocycles. The van der Waals surface area contributed by atoms with Crippen LogP contribution in [0.25, 0.3) is 10.9 Å². The number of H-pyrrole nitrogens is 1. The molecule has 2 heterocycles. The Balaban J connectivity index is 1.30. The SMILES string of the molecule is O=C(c1ccc2[nH]ccc2c1)N1C[C@@H]2C[C@H]1C[C@@H]2NS(=O)(=O)c1ccccc1. The number of likely N-dealkylation sites (tertiary alicyclic amines) is 1. The highest BCUT2D eigenvalue weighted by Crippen LogP contribution is 2.39. The fourth-order valence-electron chi connectivity index (χ4n) is 4.57. The molecular formula is C21H21N3O3S. The van der Waals surface area contributed by atoms with Crippen LogP contribution in [0, 0.1) is 5.92 Å². The van der Waals surface area contributed by atoms with Gasteiger partial charge in [-0.3, -0.25) is 4.79 Å². The average molecular weight is 395 g/mol. The summed E-state index contributed by atoms with van der Waals surface area (Å²) in [5.41, 5.74) is 1.69. The van der Waals surface area contributed by atoms with Crippen LogP contribution in [0.5, 0.6) is 0 Å². The average Bonchev–Trinajstić information content (AvgIpc) is 3.42. The summed E-state index contributed by atoms with van der Waals surface area (Å²) >= 11 is 0. The molecule has 1 aliphatic heterocycles. The van der Waals surface area contributed by atoms with Crippen molar-refractivity contribution < 1.29 is 13.2 Å². The lowest BCUT2D eigenvalue weighted by Gasteiger charge is -2.32. The summed E-state index contributed by atoms with van der Waals surface area (Å²) in [4.78, 5) is 18.3. The first-order valence-corrected chi connectivity index (χ1v) is 10.9. The van der Waals surface area contributed by atoms with Crippen molar-refractivity contribution in [2.24, 2.45) is 5.92 Å². The van der Waals surface area contributed by atoms with Crippen LogP contribution in [0.3, 0.4) is 0 Å². The number of fused-ring (bicyclic) bond motifs is 3. The number of carbonyl (C=O) groups is 1. The second-order valence-corrected chi connectivity index (χ2v) is 9.38. The third kappa shape index (κ3) is 2.91. The first kappa shape index (κ1) is 17.5. The van der Waals surface area contributed by atoms with Crippen LogP contribution in [0.2, 0.25) is 0 Å². The monoisotopic (exact) mass is 395 g/mol. The van der Waals surface area contributed by atoms with Gasteiger partial charge in [0.25, 0.3) is 5.91 Å². The zero-order valence-corrected chi connectivity index (χ0v) is 16.0. The molecule has 28 heavy (non-hydrogen) atoms. The molecule has 3 aromatic rings. The van der Waals surface area contributed by atoms with Crippen molar-refractivity contribution in [3.05, 3.63) is 66.4 Å². The second kappa shape index (κ2) is 6.46. The largest absolute Gasteiger partial charge is 0.361 e. The van der Waals surface area contributed by atoms with E-state index in [0.717, 1.165) is 17.3 Å². The molecule has 1 saturated heterocycles.